The van der Waals surface area contributed by atoms with Crippen LogP contribution in [0.25, 0.3) is 5.57 Å². The van der Waals surface area contributed by atoms with Gasteiger partial charge in [-0.25, -0.2) is 0 Å². The van der Waals surface area contributed by atoms with Crippen molar-refractivity contribution in [1.29, 1.82) is 0 Å². The Morgan fingerprint density at radius 2 is 1.45 bits per heavy atom. The number of pyridine rings is 1. The number of benzene rings is 2. The lowest BCUT2D eigenvalue weighted by Gasteiger charge is -2.09. The summed E-state index contributed by atoms with van der Waals surface area (Å²) in [6.07, 6.45) is 15.3. The molecule has 0 spiro atoms. The Hall–Kier alpha value is -3.20. The van der Waals surface area contributed by atoms with Crippen molar-refractivity contribution in [1.82, 2.24) is 10.3 Å². The smallest absolute Gasteiger partial charge is 0.219 e. The molecule has 0 radical (unpaired) electrons. The molecule has 0 atom stereocenters. The number of carbonyl (C=O) groups excluding carboxylic acids is 1. The maximum absolute atomic E-state index is 12.0. The summed E-state index contributed by atoms with van der Waals surface area (Å²) in [5.74, 6) is 0.187. The van der Waals surface area contributed by atoms with Gasteiger partial charge in [-0.15, -0.1) is 0 Å². The fourth-order valence-electron chi connectivity index (χ4n) is 3.98. The van der Waals surface area contributed by atoms with E-state index in [1.54, 1.807) is 6.20 Å². The van der Waals surface area contributed by atoms with Crippen LogP contribution in [0.5, 0.6) is 0 Å². The van der Waals surface area contributed by atoms with Gasteiger partial charge in [0, 0.05) is 25.4 Å². The molecule has 0 aliphatic rings. The third kappa shape index (κ3) is 9.44. The number of carbonyl (C=O) groups is 1. The fourth-order valence-corrected chi connectivity index (χ4v) is 3.98. The molecule has 0 bridgehead atoms. The van der Waals surface area contributed by atoms with E-state index in [-0.39, 0.29) is 5.91 Å². The van der Waals surface area contributed by atoms with Crippen LogP contribution in [0, 0.1) is 0 Å². The predicted molar refractivity (Wildman–Crippen MR) is 138 cm³/mol. The average Bonchev–Trinajstić information content (AvgIpc) is 2.87. The highest BCUT2D eigenvalue weighted by Crippen LogP contribution is 2.24. The van der Waals surface area contributed by atoms with Gasteiger partial charge in [0.15, 0.2) is 0 Å². The topological polar surface area (TPSA) is 42.0 Å². The number of hydrogen-bond acceptors (Lipinski definition) is 2. The van der Waals surface area contributed by atoms with Gasteiger partial charge in [-0.1, -0.05) is 85.6 Å². The first-order valence-electron chi connectivity index (χ1n) is 12.3. The maximum atomic E-state index is 12.0. The largest absolute Gasteiger partial charge is 0.356 e. The highest BCUT2D eigenvalue weighted by molar-refractivity contribution is 5.79. The number of nitrogens with zero attached hydrogens (tertiary/aromatic N) is 1. The summed E-state index contributed by atoms with van der Waals surface area (Å²) in [7, 11) is 0. The molecule has 1 aromatic heterocycles. The third-order valence-electron chi connectivity index (χ3n) is 5.81. The first kappa shape index (κ1) is 24.4. The van der Waals surface area contributed by atoms with Crippen molar-refractivity contribution in [3.05, 3.63) is 108 Å². The highest BCUT2D eigenvalue weighted by atomic mass is 16.1. The molecule has 1 amide bonds. The lowest BCUT2D eigenvalue weighted by Crippen LogP contribution is -2.24. The number of aromatic nitrogens is 1. The maximum Gasteiger partial charge on any atom is 0.219 e. The summed E-state index contributed by atoms with van der Waals surface area (Å²) < 4.78 is 0. The van der Waals surface area contributed by atoms with Crippen molar-refractivity contribution in [3.8, 4) is 0 Å². The second-order valence-corrected chi connectivity index (χ2v) is 8.47. The molecule has 0 unspecified atom stereocenters. The molecule has 0 saturated carbocycles. The number of allylic oxidation sites excluding steroid dienone is 1. The zero-order chi connectivity index (χ0) is 23.0. The molecule has 0 saturated heterocycles. The van der Waals surface area contributed by atoms with Crippen LogP contribution in [0.2, 0.25) is 0 Å². The SMILES string of the molecule is O=C(CCCCCCC=C(c1ccccc1)c1ccccc1)NCCCCc1cccnc1. The zero-order valence-corrected chi connectivity index (χ0v) is 19.6. The lowest BCUT2D eigenvalue weighted by atomic mass is 9.96. The van der Waals surface area contributed by atoms with Crippen molar-refractivity contribution >= 4 is 11.5 Å². The van der Waals surface area contributed by atoms with E-state index in [2.05, 4.69) is 83.1 Å². The van der Waals surface area contributed by atoms with Gasteiger partial charge in [-0.2, -0.15) is 0 Å². The molecule has 3 aromatic rings. The molecule has 0 fully saturated rings. The van der Waals surface area contributed by atoms with Crippen LogP contribution < -0.4 is 5.32 Å². The first-order valence-corrected chi connectivity index (χ1v) is 12.3. The van der Waals surface area contributed by atoms with E-state index in [4.69, 9.17) is 0 Å². The Morgan fingerprint density at radius 3 is 2.12 bits per heavy atom. The van der Waals surface area contributed by atoms with E-state index >= 15 is 0 Å². The summed E-state index contributed by atoms with van der Waals surface area (Å²) in [4.78, 5) is 16.2. The van der Waals surface area contributed by atoms with Crippen molar-refractivity contribution < 1.29 is 4.79 Å². The average molecular weight is 441 g/mol. The molecule has 172 valence electrons. The third-order valence-corrected chi connectivity index (χ3v) is 5.81. The number of unbranched alkanes of at least 4 members (excludes halogenated alkanes) is 5. The van der Waals surface area contributed by atoms with E-state index in [1.165, 1.54) is 22.3 Å². The second-order valence-electron chi connectivity index (χ2n) is 8.47. The highest BCUT2D eigenvalue weighted by Gasteiger charge is 2.04. The Balaban J connectivity index is 1.27. The Bertz CT molecular complexity index is 911. The molecule has 0 aliphatic heterocycles. The number of rotatable bonds is 14. The van der Waals surface area contributed by atoms with Gasteiger partial charge in [-0.3, -0.25) is 9.78 Å². The quantitative estimate of drug-likeness (QED) is 0.274. The van der Waals surface area contributed by atoms with E-state index in [0.29, 0.717) is 6.42 Å². The normalized spacial score (nSPS) is 10.5. The van der Waals surface area contributed by atoms with E-state index in [1.807, 2.05) is 12.3 Å². The molecule has 3 heteroatoms. The summed E-state index contributed by atoms with van der Waals surface area (Å²) in [6, 6.07) is 25.3. The summed E-state index contributed by atoms with van der Waals surface area (Å²) in [5, 5.41) is 3.06. The monoisotopic (exact) mass is 440 g/mol. The van der Waals surface area contributed by atoms with Crippen molar-refractivity contribution in [2.75, 3.05) is 6.54 Å². The van der Waals surface area contributed by atoms with E-state index < -0.39 is 0 Å². The standard InChI is InChI=1S/C30H36N2O/c33-30(32-24-13-12-15-26-16-14-23-31-25-26)22-11-3-1-2-10-21-29(27-17-6-4-7-18-27)28-19-8-5-9-20-28/h4-9,14,16-21,23,25H,1-3,10-13,15,22,24H2,(H,32,33). The fraction of sp³-hybridized carbons (Fsp3) is 0.333. The number of nitrogens with one attached hydrogen (secondary N) is 1. The minimum Gasteiger partial charge on any atom is -0.356 e. The molecule has 2 aromatic carbocycles. The number of aryl methyl sites for hydroxylation is 1. The minimum atomic E-state index is 0.187. The summed E-state index contributed by atoms with van der Waals surface area (Å²) in [5.41, 5.74) is 5.10. The minimum absolute atomic E-state index is 0.187. The first-order chi connectivity index (χ1) is 16.3. The van der Waals surface area contributed by atoms with Gasteiger partial charge in [0.2, 0.25) is 5.91 Å². The summed E-state index contributed by atoms with van der Waals surface area (Å²) >= 11 is 0. The van der Waals surface area contributed by atoms with Crippen LogP contribution >= 0.6 is 0 Å². The molecular formula is C30H36N2O. The van der Waals surface area contributed by atoms with Gasteiger partial charge < -0.3 is 5.32 Å². The molecule has 3 rings (SSSR count). The Labute approximate surface area is 199 Å². The van der Waals surface area contributed by atoms with Crippen LogP contribution in [-0.2, 0) is 11.2 Å². The van der Waals surface area contributed by atoms with Gasteiger partial charge >= 0.3 is 0 Å². The Morgan fingerprint density at radius 1 is 0.758 bits per heavy atom. The molecule has 1 N–H and O–H groups in total. The number of hydrogen-bond donors (Lipinski definition) is 1. The molecule has 3 nitrogen and oxygen atoms in total. The van der Waals surface area contributed by atoms with Crippen LogP contribution in [0.4, 0.5) is 0 Å². The van der Waals surface area contributed by atoms with Gasteiger partial charge in [0.05, 0.1) is 0 Å². The van der Waals surface area contributed by atoms with Crippen molar-refractivity contribution in [3.63, 3.8) is 0 Å². The van der Waals surface area contributed by atoms with Crippen LogP contribution in [0.3, 0.4) is 0 Å². The van der Waals surface area contributed by atoms with Crippen molar-refractivity contribution in [2.24, 2.45) is 0 Å². The Kier molecular flexibility index (Phi) is 11.0. The lowest BCUT2D eigenvalue weighted by molar-refractivity contribution is -0.121. The molecule has 0 aliphatic carbocycles. The van der Waals surface area contributed by atoms with Crippen molar-refractivity contribution in [2.45, 2.75) is 57.8 Å². The van der Waals surface area contributed by atoms with Crippen LogP contribution in [0.15, 0.2) is 91.3 Å². The molecular weight excluding hydrogens is 404 g/mol. The van der Waals surface area contributed by atoms with Gasteiger partial charge in [-0.05, 0) is 66.9 Å². The van der Waals surface area contributed by atoms with Gasteiger partial charge in [0.1, 0.15) is 0 Å². The van der Waals surface area contributed by atoms with E-state index in [9.17, 15) is 4.79 Å². The van der Waals surface area contributed by atoms with Gasteiger partial charge in [0.25, 0.3) is 0 Å². The zero-order valence-electron chi connectivity index (χ0n) is 19.6. The van der Waals surface area contributed by atoms with E-state index in [0.717, 1.165) is 57.9 Å². The molecule has 1 heterocycles. The van der Waals surface area contributed by atoms with Crippen LogP contribution in [-0.4, -0.2) is 17.4 Å². The predicted octanol–water partition coefficient (Wildman–Crippen LogP) is 6.99. The number of amides is 1. The summed E-state index contributed by atoms with van der Waals surface area (Å²) in [6.45, 7) is 0.769. The van der Waals surface area contributed by atoms with Crippen LogP contribution in [0.1, 0.15) is 68.1 Å². The molecule has 33 heavy (non-hydrogen) atoms. The second kappa shape index (κ2) is 14.8.